The third-order valence-corrected chi connectivity index (χ3v) is 6.04. The summed E-state index contributed by atoms with van der Waals surface area (Å²) in [5.74, 6) is 0.600. The van der Waals surface area contributed by atoms with Crippen LogP contribution in [0.15, 0.2) is 41.4 Å². The Hall–Kier alpha value is -4.15. The van der Waals surface area contributed by atoms with Crippen LogP contribution in [0.1, 0.15) is 73.7 Å². The van der Waals surface area contributed by atoms with E-state index in [2.05, 4.69) is 46.9 Å². The third kappa shape index (κ3) is 5.09. The van der Waals surface area contributed by atoms with Crippen molar-refractivity contribution < 1.29 is 9.32 Å². The molecule has 0 unspecified atom stereocenters. The molecule has 1 aliphatic carbocycles. The molecule has 0 saturated heterocycles. The molecule has 1 atom stereocenters. The lowest BCUT2D eigenvalue weighted by Crippen LogP contribution is -2.30. The van der Waals surface area contributed by atoms with E-state index in [9.17, 15) is 4.79 Å². The van der Waals surface area contributed by atoms with Crippen LogP contribution in [0, 0.1) is 0 Å². The average molecular weight is 488 g/mol. The molecule has 11 nitrogen and oxygen atoms in total. The van der Waals surface area contributed by atoms with Crippen LogP contribution in [0.25, 0.3) is 11.4 Å². The zero-order valence-corrected chi connectivity index (χ0v) is 20.8. The number of carbonyl (C=O) groups is 1. The second-order valence-electron chi connectivity index (χ2n) is 10.0. The molecular weight excluding hydrogens is 458 g/mol. The molecule has 1 amide bonds. The van der Waals surface area contributed by atoms with E-state index in [4.69, 9.17) is 4.52 Å². The molecule has 0 aliphatic heterocycles. The third-order valence-electron chi connectivity index (χ3n) is 6.04. The van der Waals surface area contributed by atoms with E-state index in [-0.39, 0.29) is 23.2 Å². The minimum atomic E-state index is -0.349. The highest BCUT2D eigenvalue weighted by Crippen LogP contribution is 2.31. The number of hydrogen-bond acceptors (Lipinski definition) is 9. The summed E-state index contributed by atoms with van der Waals surface area (Å²) in [4.78, 5) is 30.8. The highest BCUT2D eigenvalue weighted by atomic mass is 16.5. The highest BCUT2D eigenvalue weighted by Gasteiger charge is 2.27. The second kappa shape index (κ2) is 9.48. The summed E-state index contributed by atoms with van der Waals surface area (Å²) in [5.41, 5.74) is 4.10. The van der Waals surface area contributed by atoms with Crippen molar-refractivity contribution in [3.63, 3.8) is 0 Å². The molecule has 0 radical (unpaired) electrons. The lowest BCUT2D eigenvalue weighted by Gasteiger charge is -2.19. The van der Waals surface area contributed by atoms with Crippen LogP contribution >= 0.6 is 0 Å². The van der Waals surface area contributed by atoms with Crippen molar-refractivity contribution in [3.8, 4) is 11.4 Å². The summed E-state index contributed by atoms with van der Waals surface area (Å²) in [5, 5.41) is 14.3. The van der Waals surface area contributed by atoms with E-state index < -0.39 is 0 Å². The summed E-state index contributed by atoms with van der Waals surface area (Å²) in [6, 6.07) is 3.71. The number of hydrogen-bond donors (Lipinski definition) is 2. The van der Waals surface area contributed by atoms with Crippen LogP contribution in [0.5, 0.6) is 0 Å². The summed E-state index contributed by atoms with van der Waals surface area (Å²) in [7, 11) is 1.85. The van der Waals surface area contributed by atoms with E-state index >= 15 is 0 Å². The van der Waals surface area contributed by atoms with Crippen LogP contribution < -0.4 is 10.6 Å². The Kier molecular flexibility index (Phi) is 6.21. The lowest BCUT2D eigenvalue weighted by atomic mass is 9.97. The molecule has 0 aromatic carbocycles. The molecule has 4 heterocycles. The Morgan fingerprint density at radius 1 is 1.14 bits per heavy atom. The number of amides is 1. The molecular formula is C25H29N9O2. The Morgan fingerprint density at radius 2 is 2.00 bits per heavy atom. The van der Waals surface area contributed by atoms with E-state index in [1.807, 2.05) is 46.3 Å². The summed E-state index contributed by atoms with van der Waals surface area (Å²) in [6.45, 7) is 5.88. The average Bonchev–Trinajstić information content (AvgIpc) is 3.46. The van der Waals surface area contributed by atoms with Gasteiger partial charge >= 0.3 is 0 Å². The van der Waals surface area contributed by atoms with Gasteiger partial charge in [-0.15, -0.1) is 0 Å². The Bertz CT molecular complexity index is 1390. The van der Waals surface area contributed by atoms with Crippen molar-refractivity contribution in [2.75, 3.05) is 5.32 Å². The number of fused-ring (bicyclic) bond motifs is 1. The molecule has 1 aliphatic rings. The van der Waals surface area contributed by atoms with E-state index in [0.717, 1.165) is 48.2 Å². The van der Waals surface area contributed by atoms with Gasteiger partial charge in [0, 0.05) is 31.1 Å². The molecule has 0 spiro atoms. The Morgan fingerprint density at radius 3 is 2.75 bits per heavy atom. The smallest absolute Gasteiger partial charge is 0.293 e. The molecule has 4 aromatic rings. The number of aromatic nitrogens is 7. The molecule has 4 aromatic heterocycles. The molecule has 36 heavy (non-hydrogen) atoms. The number of aryl methyl sites for hydroxylation is 2. The SMILES string of the molecule is Cn1cc(Nc2nccc(-c3cc4c(cn3)[C@H](NC(=O)c3noc(C(C)(C)C)n3)CCCC4)n2)cn1. The van der Waals surface area contributed by atoms with Gasteiger partial charge in [-0.1, -0.05) is 32.3 Å². The number of pyridine rings is 1. The van der Waals surface area contributed by atoms with Crippen LogP contribution in [0.4, 0.5) is 11.6 Å². The molecule has 2 N–H and O–H groups in total. The number of nitrogens with zero attached hydrogens (tertiary/aromatic N) is 7. The maximum atomic E-state index is 12.9. The number of rotatable bonds is 5. The minimum absolute atomic E-state index is 0.0462. The quantitative estimate of drug-likeness (QED) is 0.402. The Labute approximate surface area is 208 Å². The molecule has 0 bridgehead atoms. The number of carbonyl (C=O) groups excluding carboxylic acids is 1. The maximum absolute atomic E-state index is 12.9. The van der Waals surface area contributed by atoms with Gasteiger partial charge in [-0.2, -0.15) is 10.1 Å². The summed E-state index contributed by atoms with van der Waals surface area (Å²) >= 11 is 0. The first kappa shape index (κ1) is 23.6. The summed E-state index contributed by atoms with van der Waals surface area (Å²) < 4.78 is 7.00. The molecule has 186 valence electrons. The van der Waals surface area contributed by atoms with E-state index in [0.29, 0.717) is 17.5 Å². The topological polar surface area (TPSA) is 137 Å². The fraction of sp³-hybridized carbons (Fsp3) is 0.400. The molecule has 0 saturated carbocycles. The van der Waals surface area contributed by atoms with Gasteiger partial charge in [0.2, 0.25) is 11.8 Å². The minimum Gasteiger partial charge on any atom is -0.342 e. The van der Waals surface area contributed by atoms with Gasteiger partial charge in [-0.05, 0) is 42.5 Å². The first-order valence-corrected chi connectivity index (χ1v) is 12.0. The fourth-order valence-electron chi connectivity index (χ4n) is 4.17. The van der Waals surface area contributed by atoms with Gasteiger partial charge in [0.15, 0.2) is 0 Å². The Balaban J connectivity index is 1.36. The second-order valence-corrected chi connectivity index (χ2v) is 10.0. The van der Waals surface area contributed by atoms with Crippen LogP contribution in [-0.4, -0.2) is 40.8 Å². The molecule has 5 rings (SSSR count). The van der Waals surface area contributed by atoms with Crippen LogP contribution in [0.3, 0.4) is 0 Å². The predicted molar refractivity (Wildman–Crippen MR) is 133 cm³/mol. The van der Waals surface area contributed by atoms with Crippen LogP contribution in [0.2, 0.25) is 0 Å². The van der Waals surface area contributed by atoms with Crippen molar-refractivity contribution in [3.05, 3.63) is 59.8 Å². The van der Waals surface area contributed by atoms with Gasteiger partial charge in [0.25, 0.3) is 11.7 Å². The van der Waals surface area contributed by atoms with Crippen molar-refractivity contribution >= 4 is 17.5 Å². The highest BCUT2D eigenvalue weighted by molar-refractivity contribution is 5.90. The standard InChI is InChI=1S/C25H29N9O2/c1-25(2,3)23-32-21(33-36-23)22(35)30-18-8-6-5-7-15-11-20(27-13-17(15)18)19-9-10-26-24(31-19)29-16-12-28-34(4)14-16/h9-14,18H,5-8H2,1-4H3,(H,30,35)(H,26,29,31)/t18-/m1/s1. The van der Waals surface area contributed by atoms with E-state index in [1.165, 1.54) is 0 Å². The zero-order valence-electron chi connectivity index (χ0n) is 20.8. The van der Waals surface area contributed by atoms with Crippen molar-refractivity contribution in [1.29, 1.82) is 0 Å². The normalized spacial score (nSPS) is 15.7. The lowest BCUT2D eigenvalue weighted by molar-refractivity contribution is 0.0921. The largest absolute Gasteiger partial charge is 0.342 e. The van der Waals surface area contributed by atoms with Crippen LogP contribution in [-0.2, 0) is 18.9 Å². The van der Waals surface area contributed by atoms with Gasteiger partial charge in [0.05, 0.1) is 29.3 Å². The maximum Gasteiger partial charge on any atom is 0.293 e. The monoisotopic (exact) mass is 487 g/mol. The van der Waals surface area contributed by atoms with Gasteiger partial charge in [-0.3, -0.25) is 14.5 Å². The summed E-state index contributed by atoms with van der Waals surface area (Å²) in [6.07, 6.45) is 10.8. The molecule has 0 fully saturated rings. The van der Waals surface area contributed by atoms with Gasteiger partial charge in [0.1, 0.15) is 0 Å². The first-order chi connectivity index (χ1) is 17.3. The van der Waals surface area contributed by atoms with Crippen molar-refractivity contribution in [2.24, 2.45) is 7.05 Å². The first-order valence-electron chi connectivity index (χ1n) is 12.0. The molecule has 11 heteroatoms. The number of anilines is 2. The van der Waals surface area contributed by atoms with Gasteiger partial charge < -0.3 is 15.2 Å². The predicted octanol–water partition coefficient (Wildman–Crippen LogP) is 3.89. The number of nitrogens with one attached hydrogen (secondary N) is 2. The fourth-order valence-corrected chi connectivity index (χ4v) is 4.17. The zero-order chi connectivity index (χ0) is 25.3. The van der Waals surface area contributed by atoms with Crippen molar-refractivity contribution in [1.82, 2.24) is 40.2 Å². The van der Waals surface area contributed by atoms with Crippen molar-refractivity contribution in [2.45, 2.75) is 57.9 Å². The van der Waals surface area contributed by atoms with Gasteiger partial charge in [-0.25, -0.2) is 9.97 Å². The van der Waals surface area contributed by atoms with E-state index in [1.54, 1.807) is 17.1 Å².